The molecule has 0 amide bonds. The Morgan fingerprint density at radius 2 is 1.78 bits per heavy atom. The second kappa shape index (κ2) is 4.58. The van der Waals surface area contributed by atoms with E-state index in [0.717, 1.165) is 21.3 Å². The van der Waals surface area contributed by atoms with Gasteiger partial charge in [-0.2, -0.15) is 0 Å². The van der Waals surface area contributed by atoms with Crippen LogP contribution in [0.1, 0.15) is 28.4 Å². The fraction of sp³-hybridized carbons (Fsp3) is 0.133. The summed E-state index contributed by atoms with van der Waals surface area (Å²) in [6.07, 6.45) is 0.513. The fourth-order valence-corrected chi connectivity index (χ4v) is 2.55. The number of halogens is 1. The number of carbonyl (C=O) groups excluding carboxylic acids is 1. The molecule has 2 aromatic rings. The summed E-state index contributed by atoms with van der Waals surface area (Å²) >= 11 is 3.42. The smallest absolute Gasteiger partial charge is 0.167 e. The van der Waals surface area contributed by atoms with Gasteiger partial charge >= 0.3 is 0 Å². The third-order valence-corrected chi connectivity index (χ3v) is 3.75. The lowest BCUT2D eigenvalue weighted by molar-refractivity contribution is 0.0972. The van der Waals surface area contributed by atoms with Crippen LogP contribution < -0.4 is 5.32 Å². The maximum absolute atomic E-state index is 12.1. The van der Waals surface area contributed by atoms with Gasteiger partial charge in [-0.15, -0.1) is 0 Å². The van der Waals surface area contributed by atoms with E-state index in [9.17, 15) is 4.79 Å². The molecule has 0 bridgehead atoms. The maximum atomic E-state index is 12.1. The normalized spacial score (nSPS) is 18.1. The van der Waals surface area contributed by atoms with E-state index < -0.39 is 0 Å². The molecule has 0 unspecified atom stereocenters. The van der Waals surface area contributed by atoms with Gasteiger partial charge in [0.05, 0.1) is 6.04 Å². The number of hydrogen-bond donors (Lipinski definition) is 1. The first-order chi connectivity index (χ1) is 8.74. The van der Waals surface area contributed by atoms with Crippen molar-refractivity contribution in [2.75, 3.05) is 5.32 Å². The van der Waals surface area contributed by atoms with Crippen molar-refractivity contribution in [2.45, 2.75) is 12.5 Å². The van der Waals surface area contributed by atoms with Crippen LogP contribution >= 0.6 is 15.9 Å². The predicted molar refractivity (Wildman–Crippen MR) is 75.9 cm³/mol. The fourth-order valence-electron chi connectivity index (χ4n) is 2.28. The van der Waals surface area contributed by atoms with Gasteiger partial charge in [0, 0.05) is 22.1 Å². The van der Waals surface area contributed by atoms with Crippen LogP contribution in [0.15, 0.2) is 53.0 Å². The van der Waals surface area contributed by atoms with E-state index in [1.165, 1.54) is 0 Å². The van der Waals surface area contributed by atoms with Gasteiger partial charge in [0.1, 0.15) is 0 Å². The lowest BCUT2D eigenvalue weighted by Crippen LogP contribution is -2.22. The Morgan fingerprint density at radius 1 is 1.06 bits per heavy atom. The number of nitrogens with one attached hydrogen (secondary N) is 1. The monoisotopic (exact) mass is 301 g/mol. The second-order valence-electron chi connectivity index (χ2n) is 4.42. The molecular formula is C15H12BrNO. The summed E-state index contributed by atoms with van der Waals surface area (Å²) in [4.78, 5) is 12.1. The molecule has 2 nitrogen and oxygen atoms in total. The molecule has 1 aliphatic heterocycles. The molecule has 0 fully saturated rings. The Kier molecular flexibility index (Phi) is 2.92. The first-order valence-electron chi connectivity index (χ1n) is 5.88. The first kappa shape index (κ1) is 11.5. The van der Waals surface area contributed by atoms with Gasteiger partial charge in [-0.3, -0.25) is 4.79 Å². The molecule has 0 radical (unpaired) electrons. The average Bonchev–Trinajstić information content (AvgIpc) is 2.39. The highest BCUT2D eigenvalue weighted by atomic mass is 79.9. The summed E-state index contributed by atoms with van der Waals surface area (Å²) in [6, 6.07) is 15.8. The van der Waals surface area contributed by atoms with Gasteiger partial charge in [-0.25, -0.2) is 0 Å². The molecule has 3 heteroatoms. The number of carbonyl (C=O) groups is 1. The SMILES string of the molecule is O=C1C[C@H](c2ccc(Br)cc2)Nc2ccccc21. The minimum absolute atomic E-state index is 0.0699. The van der Waals surface area contributed by atoms with Crippen LogP contribution in [0.2, 0.25) is 0 Å². The number of fused-ring (bicyclic) bond motifs is 1. The van der Waals surface area contributed by atoms with Crippen molar-refractivity contribution < 1.29 is 4.79 Å². The zero-order chi connectivity index (χ0) is 12.5. The van der Waals surface area contributed by atoms with Crippen LogP contribution in [0.3, 0.4) is 0 Å². The van der Waals surface area contributed by atoms with Crippen molar-refractivity contribution in [3.8, 4) is 0 Å². The number of Topliss-reactive ketones (excluding diaryl/α,β-unsaturated/α-hetero) is 1. The van der Waals surface area contributed by atoms with E-state index in [4.69, 9.17) is 0 Å². The molecule has 1 aliphatic rings. The van der Waals surface area contributed by atoms with Crippen LogP contribution in [0.4, 0.5) is 5.69 Å². The van der Waals surface area contributed by atoms with Crippen molar-refractivity contribution in [1.82, 2.24) is 0 Å². The van der Waals surface area contributed by atoms with Gasteiger partial charge in [0.2, 0.25) is 0 Å². The van der Waals surface area contributed by atoms with Crippen LogP contribution in [0.5, 0.6) is 0 Å². The maximum Gasteiger partial charge on any atom is 0.167 e. The summed E-state index contributed by atoms with van der Waals surface area (Å²) in [6.45, 7) is 0. The zero-order valence-corrected chi connectivity index (χ0v) is 11.3. The molecule has 0 saturated heterocycles. The summed E-state index contributed by atoms with van der Waals surface area (Å²) in [5, 5.41) is 3.43. The van der Waals surface area contributed by atoms with Crippen LogP contribution in [-0.2, 0) is 0 Å². The highest BCUT2D eigenvalue weighted by Gasteiger charge is 2.24. The highest BCUT2D eigenvalue weighted by Crippen LogP contribution is 2.32. The topological polar surface area (TPSA) is 29.1 Å². The van der Waals surface area contributed by atoms with Gasteiger partial charge in [0.25, 0.3) is 0 Å². The molecule has 0 aromatic heterocycles. The van der Waals surface area contributed by atoms with Gasteiger partial charge in [-0.1, -0.05) is 40.2 Å². The minimum Gasteiger partial charge on any atom is -0.377 e. The first-order valence-corrected chi connectivity index (χ1v) is 6.67. The lowest BCUT2D eigenvalue weighted by Gasteiger charge is -2.26. The number of ketones is 1. The molecular weight excluding hydrogens is 290 g/mol. The van der Waals surface area contributed by atoms with Gasteiger partial charge < -0.3 is 5.32 Å². The van der Waals surface area contributed by atoms with E-state index in [0.29, 0.717) is 6.42 Å². The zero-order valence-electron chi connectivity index (χ0n) is 9.69. The molecule has 3 rings (SSSR count). The van der Waals surface area contributed by atoms with Gasteiger partial charge in [0.15, 0.2) is 5.78 Å². The Hall–Kier alpha value is -1.61. The van der Waals surface area contributed by atoms with Crippen LogP contribution in [0.25, 0.3) is 0 Å². The number of para-hydroxylation sites is 1. The second-order valence-corrected chi connectivity index (χ2v) is 5.34. The van der Waals surface area contributed by atoms with E-state index in [1.807, 2.05) is 48.5 Å². The molecule has 1 N–H and O–H groups in total. The Balaban J connectivity index is 1.94. The van der Waals surface area contributed by atoms with Crippen molar-refractivity contribution >= 4 is 27.4 Å². The van der Waals surface area contributed by atoms with Crippen LogP contribution in [0, 0.1) is 0 Å². The quantitative estimate of drug-likeness (QED) is 0.856. The van der Waals surface area contributed by atoms with Crippen molar-refractivity contribution in [1.29, 1.82) is 0 Å². The van der Waals surface area contributed by atoms with Crippen molar-refractivity contribution in [2.24, 2.45) is 0 Å². The van der Waals surface area contributed by atoms with E-state index in [-0.39, 0.29) is 11.8 Å². The summed E-state index contributed by atoms with van der Waals surface area (Å²) in [5.74, 6) is 0.206. The molecule has 0 saturated carbocycles. The Labute approximate surface area is 114 Å². The van der Waals surface area contributed by atoms with Crippen molar-refractivity contribution in [3.63, 3.8) is 0 Å². The summed E-state index contributed by atoms with van der Waals surface area (Å²) in [7, 11) is 0. The number of anilines is 1. The molecule has 0 spiro atoms. The molecule has 90 valence electrons. The van der Waals surface area contributed by atoms with E-state index in [2.05, 4.69) is 21.2 Å². The third-order valence-electron chi connectivity index (χ3n) is 3.22. The lowest BCUT2D eigenvalue weighted by atomic mass is 9.92. The molecule has 18 heavy (non-hydrogen) atoms. The minimum atomic E-state index is 0.0699. The summed E-state index contributed by atoms with van der Waals surface area (Å²) in [5.41, 5.74) is 2.87. The standard InChI is InChI=1S/C15H12BrNO/c16-11-7-5-10(6-8-11)14-9-15(18)12-3-1-2-4-13(12)17-14/h1-8,14,17H,9H2/t14-/m1/s1. The molecule has 1 atom stereocenters. The van der Waals surface area contributed by atoms with E-state index in [1.54, 1.807) is 0 Å². The van der Waals surface area contributed by atoms with Gasteiger partial charge in [-0.05, 0) is 29.8 Å². The third kappa shape index (κ3) is 2.06. The van der Waals surface area contributed by atoms with Crippen molar-refractivity contribution in [3.05, 3.63) is 64.1 Å². The molecule has 1 heterocycles. The highest BCUT2D eigenvalue weighted by molar-refractivity contribution is 9.10. The average molecular weight is 302 g/mol. The summed E-state index contributed by atoms with van der Waals surface area (Å²) < 4.78 is 1.05. The predicted octanol–water partition coefficient (Wildman–Crippen LogP) is 4.19. The molecule has 2 aromatic carbocycles. The van der Waals surface area contributed by atoms with E-state index >= 15 is 0 Å². The molecule has 0 aliphatic carbocycles. The Morgan fingerprint density at radius 3 is 2.56 bits per heavy atom. The number of rotatable bonds is 1. The number of benzene rings is 2. The Bertz CT molecular complexity index is 592. The van der Waals surface area contributed by atoms with Crippen LogP contribution in [-0.4, -0.2) is 5.78 Å². The largest absolute Gasteiger partial charge is 0.377 e. The number of hydrogen-bond acceptors (Lipinski definition) is 2.